The highest BCUT2D eigenvalue weighted by Gasteiger charge is 2.22. The number of nitrogens with zero attached hydrogens (tertiary/aromatic N) is 1. The van der Waals surface area contributed by atoms with Gasteiger partial charge in [0.15, 0.2) is 0 Å². The summed E-state index contributed by atoms with van der Waals surface area (Å²) >= 11 is 0. The fourth-order valence-corrected chi connectivity index (χ4v) is 4.46. The van der Waals surface area contributed by atoms with Crippen molar-refractivity contribution in [2.75, 3.05) is 13.1 Å². The second-order valence-corrected chi connectivity index (χ2v) is 9.94. The summed E-state index contributed by atoms with van der Waals surface area (Å²) in [5, 5.41) is 0. The van der Waals surface area contributed by atoms with Gasteiger partial charge in [-0.15, -0.1) is 0 Å². The maximum Gasteiger partial charge on any atom is 0.269 e. The lowest BCUT2D eigenvalue weighted by atomic mass is 9.86. The molecule has 0 saturated carbocycles. The molecule has 0 aromatic heterocycles. The van der Waals surface area contributed by atoms with E-state index in [1.165, 1.54) is 22.0 Å². The van der Waals surface area contributed by atoms with Crippen LogP contribution < -0.4 is 10.9 Å². The molecule has 7 heteroatoms. The van der Waals surface area contributed by atoms with Crippen molar-refractivity contribution in [1.82, 2.24) is 15.2 Å². The molecule has 0 aliphatic heterocycles. The SMILES string of the molecule is C=C(NNC(=O)c1cccc(S(=O)(=O)N(CC)CC)c1)c1ccc(C(C)(C)C)cc1. The minimum Gasteiger partial charge on any atom is -0.298 e. The maximum absolute atomic E-state index is 12.7. The van der Waals surface area contributed by atoms with Crippen LogP contribution in [0.2, 0.25) is 0 Å². The van der Waals surface area contributed by atoms with Crippen molar-refractivity contribution in [3.8, 4) is 0 Å². The highest BCUT2D eigenvalue weighted by molar-refractivity contribution is 7.89. The first-order valence-electron chi connectivity index (χ1n) is 9.97. The Morgan fingerprint density at radius 1 is 0.967 bits per heavy atom. The van der Waals surface area contributed by atoms with Crippen LogP contribution in [0.3, 0.4) is 0 Å². The van der Waals surface area contributed by atoms with Crippen LogP contribution in [0, 0.1) is 0 Å². The molecule has 2 aromatic rings. The molecule has 2 aromatic carbocycles. The summed E-state index contributed by atoms with van der Waals surface area (Å²) in [7, 11) is -3.63. The number of benzene rings is 2. The first-order chi connectivity index (χ1) is 14.0. The van der Waals surface area contributed by atoms with Crippen LogP contribution in [0.5, 0.6) is 0 Å². The van der Waals surface area contributed by atoms with E-state index in [1.54, 1.807) is 26.0 Å². The molecule has 2 rings (SSSR count). The molecule has 30 heavy (non-hydrogen) atoms. The highest BCUT2D eigenvalue weighted by Crippen LogP contribution is 2.23. The van der Waals surface area contributed by atoms with Gasteiger partial charge in [0.05, 0.1) is 10.6 Å². The summed E-state index contributed by atoms with van der Waals surface area (Å²) in [5.74, 6) is -0.445. The molecule has 0 bridgehead atoms. The van der Waals surface area contributed by atoms with Crippen LogP contribution in [0.4, 0.5) is 0 Å². The summed E-state index contributed by atoms with van der Waals surface area (Å²) in [4.78, 5) is 12.6. The minimum absolute atomic E-state index is 0.0536. The van der Waals surface area contributed by atoms with Gasteiger partial charge in [-0.3, -0.25) is 15.6 Å². The third-order valence-electron chi connectivity index (χ3n) is 4.87. The summed E-state index contributed by atoms with van der Waals surface area (Å²) < 4.78 is 26.7. The average Bonchev–Trinajstić information content (AvgIpc) is 2.72. The van der Waals surface area contributed by atoms with E-state index in [2.05, 4.69) is 38.2 Å². The zero-order valence-corrected chi connectivity index (χ0v) is 19.1. The van der Waals surface area contributed by atoms with Crippen molar-refractivity contribution in [2.24, 2.45) is 0 Å². The Bertz CT molecular complexity index is 1000. The van der Waals surface area contributed by atoms with E-state index in [4.69, 9.17) is 0 Å². The Balaban J connectivity index is 2.09. The van der Waals surface area contributed by atoms with Crippen molar-refractivity contribution in [1.29, 1.82) is 0 Å². The molecule has 6 nitrogen and oxygen atoms in total. The van der Waals surface area contributed by atoms with E-state index in [-0.39, 0.29) is 15.9 Å². The molecule has 0 saturated heterocycles. The van der Waals surface area contributed by atoms with Gasteiger partial charge in [0.25, 0.3) is 5.91 Å². The molecule has 0 aliphatic carbocycles. The Labute approximate surface area is 180 Å². The van der Waals surface area contributed by atoms with Crippen molar-refractivity contribution in [3.05, 3.63) is 71.8 Å². The highest BCUT2D eigenvalue weighted by atomic mass is 32.2. The van der Waals surface area contributed by atoms with Crippen LogP contribution in [0.1, 0.15) is 56.1 Å². The second-order valence-electron chi connectivity index (χ2n) is 8.00. The number of carbonyl (C=O) groups is 1. The number of carbonyl (C=O) groups excluding carboxylic acids is 1. The molecule has 0 fully saturated rings. The third-order valence-corrected chi connectivity index (χ3v) is 6.91. The molecule has 162 valence electrons. The predicted octanol–water partition coefficient (Wildman–Crippen LogP) is 3.92. The van der Waals surface area contributed by atoms with Gasteiger partial charge in [0.2, 0.25) is 10.0 Å². The normalized spacial score (nSPS) is 11.9. The van der Waals surface area contributed by atoms with Crippen LogP contribution in [-0.2, 0) is 15.4 Å². The Hall–Kier alpha value is -2.64. The quantitative estimate of drug-likeness (QED) is 0.624. The van der Waals surface area contributed by atoms with Crippen molar-refractivity contribution < 1.29 is 13.2 Å². The van der Waals surface area contributed by atoms with Crippen LogP contribution in [-0.4, -0.2) is 31.7 Å². The molecular formula is C23H31N3O3S. The first-order valence-corrected chi connectivity index (χ1v) is 11.4. The second kappa shape index (κ2) is 9.45. The standard InChI is InChI=1S/C23H31N3O3S/c1-7-26(8-2)30(28,29)21-11-9-10-19(16-21)22(27)25-24-17(3)18-12-14-20(15-13-18)23(4,5)6/h9-16,24H,3,7-8H2,1-2,4-6H3,(H,25,27). The molecule has 2 N–H and O–H groups in total. The minimum atomic E-state index is -3.63. The maximum atomic E-state index is 12.7. The van der Waals surface area contributed by atoms with Gasteiger partial charge in [-0.1, -0.05) is 71.5 Å². The van der Waals surface area contributed by atoms with E-state index in [0.29, 0.717) is 18.8 Å². The number of hydrazine groups is 1. The average molecular weight is 430 g/mol. The van der Waals surface area contributed by atoms with Crippen molar-refractivity contribution >= 4 is 21.6 Å². The summed E-state index contributed by atoms with van der Waals surface area (Å²) in [6.07, 6.45) is 0. The van der Waals surface area contributed by atoms with E-state index >= 15 is 0 Å². The monoisotopic (exact) mass is 429 g/mol. The van der Waals surface area contributed by atoms with Gasteiger partial charge in [-0.25, -0.2) is 8.42 Å². The van der Waals surface area contributed by atoms with Gasteiger partial charge < -0.3 is 0 Å². The zero-order valence-electron chi connectivity index (χ0n) is 18.3. The predicted molar refractivity (Wildman–Crippen MR) is 121 cm³/mol. The molecule has 0 spiro atoms. The van der Waals surface area contributed by atoms with Crippen LogP contribution in [0.15, 0.2) is 60.0 Å². The number of hydrogen-bond donors (Lipinski definition) is 2. The number of sulfonamides is 1. The van der Waals surface area contributed by atoms with Crippen molar-refractivity contribution in [3.63, 3.8) is 0 Å². The van der Waals surface area contributed by atoms with Crippen LogP contribution in [0.25, 0.3) is 5.70 Å². The fourth-order valence-electron chi connectivity index (χ4n) is 2.96. The fraction of sp³-hybridized carbons (Fsp3) is 0.348. The summed E-state index contributed by atoms with van der Waals surface area (Å²) in [5.41, 5.74) is 8.27. The molecule has 0 atom stereocenters. The first kappa shape index (κ1) is 23.6. The number of hydrogen-bond acceptors (Lipinski definition) is 4. The number of amides is 1. The number of rotatable bonds is 8. The van der Waals surface area contributed by atoms with Crippen molar-refractivity contribution in [2.45, 2.75) is 44.9 Å². The Morgan fingerprint density at radius 2 is 1.57 bits per heavy atom. The van der Waals surface area contributed by atoms with Gasteiger partial charge in [-0.2, -0.15) is 4.31 Å². The largest absolute Gasteiger partial charge is 0.298 e. The Kier molecular flexibility index (Phi) is 7.44. The van der Waals surface area contributed by atoms with E-state index in [9.17, 15) is 13.2 Å². The topological polar surface area (TPSA) is 78.5 Å². The van der Waals surface area contributed by atoms with Gasteiger partial charge in [0, 0.05) is 18.7 Å². The molecule has 0 radical (unpaired) electrons. The van der Waals surface area contributed by atoms with Gasteiger partial charge >= 0.3 is 0 Å². The van der Waals surface area contributed by atoms with Crippen LogP contribution >= 0.6 is 0 Å². The zero-order chi connectivity index (χ0) is 22.5. The van der Waals surface area contributed by atoms with E-state index < -0.39 is 15.9 Å². The van der Waals surface area contributed by atoms with E-state index in [0.717, 1.165) is 5.56 Å². The summed E-state index contributed by atoms with van der Waals surface area (Å²) in [6, 6.07) is 14.0. The molecule has 1 amide bonds. The Morgan fingerprint density at radius 3 is 2.10 bits per heavy atom. The molecule has 0 heterocycles. The lowest BCUT2D eigenvalue weighted by Gasteiger charge is -2.20. The lowest BCUT2D eigenvalue weighted by molar-refractivity contribution is 0.0942. The van der Waals surface area contributed by atoms with E-state index in [1.807, 2.05) is 24.3 Å². The third kappa shape index (κ3) is 5.49. The van der Waals surface area contributed by atoms with Gasteiger partial charge in [-0.05, 0) is 34.7 Å². The molecule has 0 unspecified atom stereocenters. The molecule has 0 aliphatic rings. The lowest BCUT2D eigenvalue weighted by Crippen LogP contribution is -2.36. The van der Waals surface area contributed by atoms with Gasteiger partial charge in [0.1, 0.15) is 0 Å². The summed E-state index contributed by atoms with van der Waals surface area (Å²) in [6.45, 7) is 14.7. The number of nitrogens with one attached hydrogen (secondary N) is 2. The smallest absolute Gasteiger partial charge is 0.269 e. The molecular weight excluding hydrogens is 398 g/mol.